The van der Waals surface area contributed by atoms with Crippen molar-refractivity contribution in [3.05, 3.63) is 52.0 Å². The summed E-state index contributed by atoms with van der Waals surface area (Å²) in [5, 5.41) is 4.65. The summed E-state index contributed by atoms with van der Waals surface area (Å²) in [5.41, 5.74) is 1.14. The van der Waals surface area contributed by atoms with Crippen LogP contribution in [-0.4, -0.2) is 16.1 Å². The molecule has 0 saturated heterocycles. The lowest BCUT2D eigenvalue weighted by Gasteiger charge is -2.14. The molecule has 2 aromatic rings. The minimum Gasteiger partial charge on any atom is -0.335 e. The number of imidazole rings is 1. The predicted octanol–water partition coefficient (Wildman–Crippen LogP) is 3.92. The summed E-state index contributed by atoms with van der Waals surface area (Å²) in [7, 11) is 0. The van der Waals surface area contributed by atoms with Crippen molar-refractivity contribution in [2.75, 3.05) is 6.54 Å². The van der Waals surface area contributed by atoms with Gasteiger partial charge < -0.3 is 9.88 Å². The normalized spacial score (nSPS) is 12.6. The van der Waals surface area contributed by atoms with Gasteiger partial charge in [-0.2, -0.15) is 0 Å². The fraction of sp³-hybridized carbons (Fsp3) is 0.400. The molecular formula is C15H19Cl2N3. The molecule has 1 atom stereocenters. The molecule has 1 heterocycles. The van der Waals surface area contributed by atoms with Gasteiger partial charge in [-0.15, -0.1) is 0 Å². The molecule has 20 heavy (non-hydrogen) atoms. The minimum atomic E-state index is 0.533. The van der Waals surface area contributed by atoms with Gasteiger partial charge in [0.15, 0.2) is 0 Å². The number of benzene rings is 1. The maximum Gasteiger partial charge on any atom is 0.105 e. The van der Waals surface area contributed by atoms with Gasteiger partial charge in [-0.25, -0.2) is 4.98 Å². The molecule has 0 amide bonds. The van der Waals surface area contributed by atoms with Crippen LogP contribution in [0.2, 0.25) is 10.0 Å². The van der Waals surface area contributed by atoms with Crippen molar-refractivity contribution in [1.29, 1.82) is 0 Å². The summed E-state index contributed by atoms with van der Waals surface area (Å²) in [5.74, 6) is 1.59. The van der Waals surface area contributed by atoms with E-state index in [0.29, 0.717) is 16.0 Å². The number of aromatic nitrogens is 2. The van der Waals surface area contributed by atoms with Crippen LogP contribution in [0.1, 0.15) is 18.3 Å². The standard InChI is InChI=1S/C15H19Cl2N3/c1-11(10-20-6-5-19-12(20)2)8-18-9-13-3-4-14(16)15(17)7-13/h3-7,11,18H,8-10H2,1-2H3. The number of aryl methyl sites for hydroxylation is 1. The second-order valence-corrected chi connectivity index (χ2v) is 5.93. The Morgan fingerprint density at radius 3 is 2.75 bits per heavy atom. The van der Waals surface area contributed by atoms with Crippen LogP contribution in [-0.2, 0) is 13.1 Å². The molecule has 0 bridgehead atoms. The van der Waals surface area contributed by atoms with E-state index >= 15 is 0 Å². The van der Waals surface area contributed by atoms with Gasteiger partial charge in [0.25, 0.3) is 0 Å². The second kappa shape index (κ2) is 7.11. The van der Waals surface area contributed by atoms with E-state index in [1.54, 1.807) is 0 Å². The fourth-order valence-corrected chi connectivity index (χ4v) is 2.43. The molecule has 1 N–H and O–H groups in total. The quantitative estimate of drug-likeness (QED) is 0.876. The van der Waals surface area contributed by atoms with E-state index in [0.717, 1.165) is 31.0 Å². The molecule has 0 aliphatic rings. The predicted molar refractivity (Wildman–Crippen MR) is 84.3 cm³/mol. The average molecular weight is 312 g/mol. The molecule has 0 aliphatic heterocycles. The molecule has 1 aromatic heterocycles. The second-order valence-electron chi connectivity index (χ2n) is 5.11. The third kappa shape index (κ3) is 4.23. The first kappa shape index (κ1) is 15.4. The monoisotopic (exact) mass is 311 g/mol. The minimum absolute atomic E-state index is 0.533. The van der Waals surface area contributed by atoms with Gasteiger partial charge in [0.1, 0.15) is 5.82 Å². The average Bonchev–Trinajstić information content (AvgIpc) is 2.79. The van der Waals surface area contributed by atoms with Crippen molar-refractivity contribution in [3.63, 3.8) is 0 Å². The first-order valence-electron chi connectivity index (χ1n) is 6.68. The van der Waals surface area contributed by atoms with Gasteiger partial charge in [0, 0.05) is 25.5 Å². The number of hydrogen-bond acceptors (Lipinski definition) is 2. The lowest BCUT2D eigenvalue weighted by molar-refractivity contribution is 0.440. The van der Waals surface area contributed by atoms with Crippen LogP contribution in [0.4, 0.5) is 0 Å². The highest BCUT2D eigenvalue weighted by molar-refractivity contribution is 6.42. The fourth-order valence-electron chi connectivity index (χ4n) is 2.11. The zero-order chi connectivity index (χ0) is 14.5. The van der Waals surface area contributed by atoms with E-state index in [2.05, 4.69) is 21.8 Å². The van der Waals surface area contributed by atoms with Crippen LogP contribution >= 0.6 is 23.2 Å². The Kier molecular flexibility index (Phi) is 5.46. The Morgan fingerprint density at radius 2 is 2.10 bits per heavy atom. The molecule has 1 aromatic carbocycles. The zero-order valence-corrected chi connectivity index (χ0v) is 13.2. The Hall–Kier alpha value is -1.03. The lowest BCUT2D eigenvalue weighted by atomic mass is 10.1. The summed E-state index contributed by atoms with van der Waals surface area (Å²) in [6.07, 6.45) is 3.86. The molecule has 1 unspecified atom stereocenters. The van der Waals surface area contributed by atoms with Crippen molar-refractivity contribution in [2.24, 2.45) is 5.92 Å². The van der Waals surface area contributed by atoms with Crippen molar-refractivity contribution in [3.8, 4) is 0 Å². The van der Waals surface area contributed by atoms with Crippen molar-refractivity contribution >= 4 is 23.2 Å². The Labute approximate surface area is 129 Å². The lowest BCUT2D eigenvalue weighted by Crippen LogP contribution is -2.24. The molecule has 0 radical (unpaired) electrons. The van der Waals surface area contributed by atoms with E-state index in [9.17, 15) is 0 Å². The Morgan fingerprint density at radius 1 is 1.30 bits per heavy atom. The van der Waals surface area contributed by atoms with Crippen molar-refractivity contribution < 1.29 is 0 Å². The number of halogens is 2. The molecular weight excluding hydrogens is 293 g/mol. The summed E-state index contributed by atoms with van der Waals surface area (Å²) in [6, 6.07) is 5.73. The van der Waals surface area contributed by atoms with Crippen LogP contribution in [0.15, 0.2) is 30.6 Å². The zero-order valence-electron chi connectivity index (χ0n) is 11.7. The summed E-state index contributed by atoms with van der Waals surface area (Å²) in [4.78, 5) is 4.23. The van der Waals surface area contributed by atoms with Crippen molar-refractivity contribution in [2.45, 2.75) is 26.9 Å². The third-order valence-corrected chi connectivity index (χ3v) is 3.98. The molecule has 0 fully saturated rings. The first-order chi connectivity index (χ1) is 9.56. The van der Waals surface area contributed by atoms with Gasteiger partial charge in [-0.1, -0.05) is 36.2 Å². The molecule has 0 spiro atoms. The van der Waals surface area contributed by atoms with Gasteiger partial charge >= 0.3 is 0 Å². The van der Waals surface area contributed by atoms with E-state index in [-0.39, 0.29) is 0 Å². The molecule has 5 heteroatoms. The topological polar surface area (TPSA) is 29.9 Å². The van der Waals surface area contributed by atoms with E-state index in [1.807, 2.05) is 37.5 Å². The molecule has 0 saturated carbocycles. The van der Waals surface area contributed by atoms with Gasteiger partial charge in [-0.05, 0) is 37.1 Å². The van der Waals surface area contributed by atoms with E-state index in [1.165, 1.54) is 0 Å². The molecule has 108 valence electrons. The molecule has 3 nitrogen and oxygen atoms in total. The van der Waals surface area contributed by atoms with Gasteiger partial charge in [-0.3, -0.25) is 0 Å². The number of hydrogen-bond donors (Lipinski definition) is 1. The van der Waals surface area contributed by atoms with Gasteiger partial charge in [0.2, 0.25) is 0 Å². The summed E-state index contributed by atoms with van der Waals surface area (Å²) >= 11 is 11.9. The van der Waals surface area contributed by atoms with Crippen molar-refractivity contribution in [1.82, 2.24) is 14.9 Å². The Bertz CT molecular complexity index is 566. The molecule has 2 rings (SSSR count). The number of nitrogens with zero attached hydrogens (tertiary/aromatic N) is 2. The van der Waals surface area contributed by atoms with Crippen LogP contribution in [0, 0.1) is 12.8 Å². The largest absolute Gasteiger partial charge is 0.335 e. The van der Waals surface area contributed by atoms with Crippen LogP contribution in [0.5, 0.6) is 0 Å². The smallest absolute Gasteiger partial charge is 0.105 e. The highest BCUT2D eigenvalue weighted by Crippen LogP contribution is 2.22. The maximum atomic E-state index is 6.00. The number of nitrogens with one attached hydrogen (secondary N) is 1. The SMILES string of the molecule is Cc1nccn1CC(C)CNCc1ccc(Cl)c(Cl)c1. The van der Waals surface area contributed by atoms with E-state index in [4.69, 9.17) is 23.2 Å². The highest BCUT2D eigenvalue weighted by Gasteiger charge is 2.05. The first-order valence-corrected chi connectivity index (χ1v) is 7.44. The molecule has 0 aliphatic carbocycles. The van der Waals surface area contributed by atoms with E-state index < -0.39 is 0 Å². The summed E-state index contributed by atoms with van der Waals surface area (Å²) in [6.45, 7) is 6.96. The van der Waals surface area contributed by atoms with Crippen LogP contribution in [0.3, 0.4) is 0 Å². The third-order valence-electron chi connectivity index (χ3n) is 3.24. The van der Waals surface area contributed by atoms with Gasteiger partial charge in [0.05, 0.1) is 10.0 Å². The number of rotatable bonds is 6. The Balaban J connectivity index is 1.77. The summed E-state index contributed by atoms with van der Waals surface area (Å²) < 4.78 is 2.17. The maximum absolute atomic E-state index is 6.00. The van der Waals surface area contributed by atoms with Crippen LogP contribution in [0.25, 0.3) is 0 Å². The van der Waals surface area contributed by atoms with Crippen LogP contribution < -0.4 is 5.32 Å². The highest BCUT2D eigenvalue weighted by atomic mass is 35.5.